The molecule has 0 saturated heterocycles. The maximum Gasteiger partial charge on any atom is 0.356 e. The van der Waals surface area contributed by atoms with Crippen LogP contribution >= 0.6 is 11.8 Å². The molecule has 0 radical (unpaired) electrons. The van der Waals surface area contributed by atoms with Gasteiger partial charge in [0.15, 0.2) is 5.78 Å². The summed E-state index contributed by atoms with van der Waals surface area (Å²) in [5.74, 6) is -0.636. The zero-order valence-corrected chi connectivity index (χ0v) is 17.7. The number of anilines is 1. The van der Waals surface area contributed by atoms with Crippen molar-refractivity contribution in [2.45, 2.75) is 17.7 Å². The van der Waals surface area contributed by atoms with Crippen LogP contribution in [0.3, 0.4) is 0 Å². The number of esters is 1. The first-order chi connectivity index (χ1) is 14.5. The van der Waals surface area contributed by atoms with E-state index in [-0.39, 0.29) is 11.7 Å². The van der Waals surface area contributed by atoms with E-state index in [0.29, 0.717) is 31.1 Å². The van der Waals surface area contributed by atoms with Crippen molar-refractivity contribution >= 4 is 29.2 Å². The normalized spacial score (nSPS) is 17.7. The molecule has 4 rings (SSSR count). The van der Waals surface area contributed by atoms with Gasteiger partial charge in [0.1, 0.15) is 5.69 Å². The van der Waals surface area contributed by atoms with Gasteiger partial charge in [-0.1, -0.05) is 30.5 Å². The minimum atomic E-state index is -0.418. The summed E-state index contributed by atoms with van der Waals surface area (Å²) in [7, 11) is 1.83. The smallest absolute Gasteiger partial charge is 0.356 e. The topological polar surface area (TPSA) is 95.2 Å². The second-order valence-electron chi connectivity index (χ2n) is 7.04. The van der Waals surface area contributed by atoms with Crippen LogP contribution in [0.1, 0.15) is 34.5 Å². The lowest BCUT2D eigenvalue weighted by molar-refractivity contribution is -0.115. The van der Waals surface area contributed by atoms with E-state index in [1.54, 1.807) is 13.1 Å². The van der Waals surface area contributed by atoms with Crippen LogP contribution in [0.25, 0.3) is 0 Å². The van der Waals surface area contributed by atoms with Crippen molar-refractivity contribution in [2.24, 2.45) is 0 Å². The quantitative estimate of drug-likeness (QED) is 0.418. The van der Waals surface area contributed by atoms with E-state index in [9.17, 15) is 9.59 Å². The molecule has 4 N–H and O–H groups in total. The third-order valence-electron chi connectivity index (χ3n) is 5.19. The molecular formula is C22H24N4O3S. The molecule has 1 aromatic heterocycles. The van der Waals surface area contributed by atoms with Gasteiger partial charge < -0.3 is 25.7 Å². The summed E-state index contributed by atoms with van der Waals surface area (Å²) in [5.41, 5.74) is 4.43. The van der Waals surface area contributed by atoms with Gasteiger partial charge >= 0.3 is 5.97 Å². The molecular weight excluding hydrogens is 400 g/mol. The number of nitrogens with one attached hydrogen (secondary N) is 4. The average Bonchev–Trinajstić information content (AvgIpc) is 3.16. The molecule has 0 saturated carbocycles. The number of hydrogen-bond donors (Lipinski definition) is 4. The van der Waals surface area contributed by atoms with Gasteiger partial charge in [-0.2, -0.15) is 0 Å². The second-order valence-corrected chi connectivity index (χ2v) is 8.21. The van der Waals surface area contributed by atoms with Gasteiger partial charge in [0, 0.05) is 47.4 Å². The molecule has 0 amide bonds. The number of carbonyl (C=O) groups is 2. The first-order valence-corrected chi connectivity index (χ1v) is 10.6. The standard InChI is InChI=1S/C22H24N4O3S/c1-4-29-22(28)21-20-15(9-25-21)18(19-16(26-20)10-24-11-17(19)27)13-6-5-7-14(8-13)30-12(2)23-3/h5-9,18,23-26H,2,4,10-11H2,1,3H3. The fraction of sp³-hybridized carbons (Fsp3) is 0.273. The predicted octanol–water partition coefficient (Wildman–Crippen LogP) is 2.96. The van der Waals surface area contributed by atoms with E-state index in [2.05, 4.69) is 33.6 Å². The highest BCUT2D eigenvalue weighted by Gasteiger charge is 2.38. The lowest BCUT2D eigenvalue weighted by Crippen LogP contribution is -2.39. The molecule has 1 atom stereocenters. The number of Topliss-reactive ketones (excluding diaryl/α,β-unsaturated/α-hetero) is 1. The third kappa shape index (κ3) is 3.64. The number of aromatic nitrogens is 1. The number of carbonyl (C=O) groups excluding carboxylic acids is 2. The highest BCUT2D eigenvalue weighted by Crippen LogP contribution is 2.45. The Bertz CT molecular complexity index is 1060. The summed E-state index contributed by atoms with van der Waals surface area (Å²) in [6, 6.07) is 8.08. The second kappa shape index (κ2) is 8.41. The Morgan fingerprint density at radius 2 is 2.20 bits per heavy atom. The van der Waals surface area contributed by atoms with Crippen LogP contribution in [-0.2, 0) is 9.53 Å². The summed E-state index contributed by atoms with van der Waals surface area (Å²) in [6.07, 6.45) is 1.80. The molecule has 2 aliphatic rings. The monoisotopic (exact) mass is 424 g/mol. The van der Waals surface area contributed by atoms with E-state index < -0.39 is 5.97 Å². The highest BCUT2D eigenvalue weighted by molar-refractivity contribution is 8.03. The van der Waals surface area contributed by atoms with Crippen molar-refractivity contribution < 1.29 is 14.3 Å². The van der Waals surface area contributed by atoms with Crippen LogP contribution in [0.4, 0.5) is 5.69 Å². The number of fused-ring (bicyclic) bond motifs is 1. The van der Waals surface area contributed by atoms with Crippen LogP contribution in [0.2, 0.25) is 0 Å². The van der Waals surface area contributed by atoms with Gasteiger partial charge in [-0.3, -0.25) is 4.79 Å². The Morgan fingerprint density at radius 1 is 1.37 bits per heavy atom. The lowest BCUT2D eigenvalue weighted by atomic mass is 9.79. The van der Waals surface area contributed by atoms with E-state index in [1.807, 2.05) is 25.2 Å². The molecule has 1 aromatic carbocycles. The molecule has 156 valence electrons. The van der Waals surface area contributed by atoms with Crippen molar-refractivity contribution in [1.29, 1.82) is 0 Å². The van der Waals surface area contributed by atoms with Crippen molar-refractivity contribution in [3.8, 4) is 0 Å². The van der Waals surface area contributed by atoms with Crippen molar-refractivity contribution in [1.82, 2.24) is 15.6 Å². The fourth-order valence-corrected chi connectivity index (χ4v) is 4.60. The molecule has 8 heteroatoms. The summed E-state index contributed by atoms with van der Waals surface area (Å²) in [4.78, 5) is 29.4. The molecule has 0 aliphatic carbocycles. The van der Waals surface area contributed by atoms with E-state index >= 15 is 0 Å². The maximum atomic E-state index is 12.9. The summed E-state index contributed by atoms with van der Waals surface area (Å²) in [5, 5.41) is 10.3. The zero-order valence-electron chi connectivity index (χ0n) is 16.9. The summed E-state index contributed by atoms with van der Waals surface area (Å²) in [6.45, 7) is 6.88. The van der Waals surface area contributed by atoms with Gasteiger partial charge in [0.25, 0.3) is 0 Å². The predicted molar refractivity (Wildman–Crippen MR) is 118 cm³/mol. The number of aromatic amines is 1. The number of hydrogen-bond acceptors (Lipinski definition) is 7. The SMILES string of the molecule is C=C(NC)Sc1cccc(C2C3=C(CNCC3=O)Nc3c2c[nH]c3C(=O)OCC)c1. The Balaban J connectivity index is 1.82. The highest BCUT2D eigenvalue weighted by atomic mass is 32.2. The first kappa shape index (κ1) is 20.3. The summed E-state index contributed by atoms with van der Waals surface area (Å²) < 4.78 is 5.20. The molecule has 2 aromatic rings. The number of benzene rings is 1. The molecule has 2 aliphatic heterocycles. The van der Waals surface area contributed by atoms with Crippen LogP contribution < -0.4 is 16.0 Å². The number of H-pyrrole nitrogens is 1. The van der Waals surface area contributed by atoms with Crippen molar-refractivity contribution in [2.75, 3.05) is 32.1 Å². The minimum Gasteiger partial charge on any atom is -0.461 e. The van der Waals surface area contributed by atoms with Crippen LogP contribution in [0.5, 0.6) is 0 Å². The Kier molecular flexibility index (Phi) is 5.69. The largest absolute Gasteiger partial charge is 0.461 e. The van der Waals surface area contributed by atoms with E-state index in [1.165, 1.54) is 11.8 Å². The molecule has 0 spiro atoms. The maximum absolute atomic E-state index is 12.9. The Hall–Kier alpha value is -2.97. The van der Waals surface area contributed by atoms with Gasteiger partial charge in [-0.25, -0.2) is 4.79 Å². The first-order valence-electron chi connectivity index (χ1n) is 9.80. The number of ether oxygens (including phenoxy) is 1. The Morgan fingerprint density at radius 3 is 2.97 bits per heavy atom. The minimum absolute atomic E-state index is 0.0518. The third-order valence-corrected chi connectivity index (χ3v) is 6.13. The number of thioether (sulfide) groups is 1. The zero-order chi connectivity index (χ0) is 21.3. The Labute approximate surface area is 179 Å². The summed E-state index contributed by atoms with van der Waals surface area (Å²) >= 11 is 1.53. The molecule has 30 heavy (non-hydrogen) atoms. The van der Waals surface area contributed by atoms with E-state index in [4.69, 9.17) is 4.74 Å². The van der Waals surface area contributed by atoms with Gasteiger partial charge in [0.05, 0.1) is 23.9 Å². The van der Waals surface area contributed by atoms with Crippen molar-refractivity contribution in [3.63, 3.8) is 0 Å². The van der Waals surface area contributed by atoms with Crippen molar-refractivity contribution in [3.05, 3.63) is 70.2 Å². The van der Waals surface area contributed by atoms with Crippen LogP contribution in [0.15, 0.2) is 58.2 Å². The molecule has 1 unspecified atom stereocenters. The molecule has 0 fully saturated rings. The number of ketones is 1. The fourth-order valence-electron chi connectivity index (χ4n) is 3.88. The van der Waals surface area contributed by atoms with Crippen LogP contribution in [-0.4, -0.2) is 43.5 Å². The molecule has 0 bridgehead atoms. The van der Waals surface area contributed by atoms with E-state index in [0.717, 1.165) is 32.3 Å². The molecule has 3 heterocycles. The molecule has 7 nitrogen and oxygen atoms in total. The van der Waals surface area contributed by atoms with Gasteiger partial charge in [-0.15, -0.1) is 0 Å². The average molecular weight is 425 g/mol. The van der Waals surface area contributed by atoms with Gasteiger partial charge in [-0.05, 0) is 24.6 Å². The van der Waals surface area contributed by atoms with Crippen LogP contribution in [0, 0.1) is 0 Å². The lowest BCUT2D eigenvalue weighted by Gasteiger charge is -2.33. The number of rotatable bonds is 6. The van der Waals surface area contributed by atoms with Gasteiger partial charge in [0.2, 0.25) is 0 Å².